The van der Waals surface area contributed by atoms with Gasteiger partial charge in [-0.15, -0.1) is 0 Å². The average Bonchev–Trinajstić information content (AvgIpc) is 3.37. The van der Waals surface area contributed by atoms with Gasteiger partial charge in [0, 0.05) is 0 Å². The van der Waals surface area contributed by atoms with E-state index in [4.69, 9.17) is 8.37 Å². The van der Waals surface area contributed by atoms with Crippen LogP contribution in [-0.2, 0) is 25.7 Å². The largest absolute Gasteiger partial charge is 0.379 e. The van der Waals surface area contributed by atoms with Crippen molar-refractivity contribution in [2.24, 2.45) is 0 Å². The Morgan fingerprint density at radius 2 is 0.766 bits per heavy atom. The molecule has 7 rings (SSSR count). The fourth-order valence-electron chi connectivity index (χ4n) is 6.10. The van der Waals surface area contributed by atoms with Gasteiger partial charge in [-0.05, 0) is 106 Å². The predicted molar refractivity (Wildman–Crippen MR) is 172 cm³/mol. The molecule has 0 saturated carbocycles. The molecule has 0 saturated heterocycles. The monoisotopic (exact) mass is 666 g/mol. The van der Waals surface area contributed by atoms with Crippen LogP contribution in [0.1, 0.15) is 22.3 Å². The van der Waals surface area contributed by atoms with Crippen molar-refractivity contribution in [2.45, 2.75) is 15.2 Å². The molecule has 0 fully saturated rings. The highest BCUT2D eigenvalue weighted by Crippen LogP contribution is 2.56. The molecule has 0 atom stereocenters. The van der Waals surface area contributed by atoms with Crippen molar-refractivity contribution in [3.8, 4) is 22.6 Å². The van der Waals surface area contributed by atoms with Gasteiger partial charge in [-0.2, -0.15) is 16.8 Å². The smallest absolute Gasteiger partial charge is 0.339 e. The van der Waals surface area contributed by atoms with Crippen LogP contribution < -0.4 is 8.37 Å². The van der Waals surface area contributed by atoms with Crippen molar-refractivity contribution in [1.82, 2.24) is 0 Å². The zero-order valence-corrected chi connectivity index (χ0v) is 26.0. The summed E-state index contributed by atoms with van der Waals surface area (Å²) in [5.41, 5.74) is 4.70. The molecule has 0 unspecified atom stereocenters. The third-order valence-electron chi connectivity index (χ3n) is 8.14. The molecule has 6 aromatic carbocycles. The van der Waals surface area contributed by atoms with Crippen molar-refractivity contribution < 1.29 is 34.0 Å². The normalized spacial score (nSPS) is 13.4. The Labute approximate surface area is 270 Å². The van der Waals surface area contributed by atoms with E-state index in [2.05, 4.69) is 0 Å². The lowest BCUT2D eigenvalue weighted by molar-refractivity contribution is 0.484. The zero-order valence-electron chi connectivity index (χ0n) is 24.4. The van der Waals surface area contributed by atoms with Crippen LogP contribution in [0.5, 0.6) is 11.5 Å². The number of fused-ring (bicyclic) bond motifs is 3. The number of halogens is 2. The molecule has 6 nitrogen and oxygen atoms in total. The summed E-state index contributed by atoms with van der Waals surface area (Å²) >= 11 is 0. The Morgan fingerprint density at radius 3 is 1.13 bits per heavy atom. The number of hydrogen-bond donors (Lipinski definition) is 0. The maximum atomic E-state index is 13.4. The van der Waals surface area contributed by atoms with E-state index < -0.39 is 37.3 Å². The van der Waals surface area contributed by atoms with Crippen LogP contribution in [0.25, 0.3) is 11.1 Å². The van der Waals surface area contributed by atoms with E-state index in [9.17, 15) is 25.6 Å². The molecule has 0 radical (unpaired) electrons. The van der Waals surface area contributed by atoms with Crippen molar-refractivity contribution in [2.75, 3.05) is 0 Å². The molecule has 0 bridgehead atoms. The van der Waals surface area contributed by atoms with Crippen molar-refractivity contribution in [3.63, 3.8) is 0 Å². The number of benzene rings is 6. The van der Waals surface area contributed by atoms with Gasteiger partial charge in [0.15, 0.2) is 0 Å². The second-order valence-corrected chi connectivity index (χ2v) is 14.0. The highest BCUT2D eigenvalue weighted by atomic mass is 32.2. The Kier molecular flexibility index (Phi) is 7.41. The summed E-state index contributed by atoms with van der Waals surface area (Å²) in [6.07, 6.45) is 0. The maximum Gasteiger partial charge on any atom is 0.339 e. The summed E-state index contributed by atoms with van der Waals surface area (Å²) in [4.78, 5) is -0.358. The zero-order chi connectivity index (χ0) is 32.8. The van der Waals surface area contributed by atoms with Gasteiger partial charge in [-0.25, -0.2) is 8.78 Å². The van der Waals surface area contributed by atoms with E-state index in [1.54, 1.807) is 48.5 Å². The van der Waals surface area contributed by atoms with Gasteiger partial charge in [-0.1, -0.05) is 72.8 Å². The fourth-order valence-corrected chi connectivity index (χ4v) is 7.96. The topological polar surface area (TPSA) is 86.7 Å². The van der Waals surface area contributed by atoms with E-state index in [0.717, 1.165) is 81.9 Å². The maximum absolute atomic E-state index is 13.4. The highest BCUT2D eigenvalue weighted by Gasteiger charge is 2.46. The second-order valence-electron chi connectivity index (χ2n) is 10.9. The van der Waals surface area contributed by atoms with Crippen LogP contribution >= 0.6 is 0 Å². The number of hydrogen-bond acceptors (Lipinski definition) is 6. The Balaban J connectivity index is 1.31. The fraction of sp³-hybridized carbons (Fsp3) is 0.0270. The molecule has 6 aromatic rings. The summed E-state index contributed by atoms with van der Waals surface area (Å²) in [5, 5.41) is 0. The lowest BCUT2D eigenvalue weighted by Gasteiger charge is -2.34. The molecule has 0 spiro atoms. The summed E-state index contributed by atoms with van der Waals surface area (Å²) in [7, 11) is -8.43. The van der Waals surface area contributed by atoms with Gasteiger partial charge in [0.1, 0.15) is 32.9 Å². The average molecular weight is 667 g/mol. The third kappa shape index (κ3) is 5.35. The minimum Gasteiger partial charge on any atom is -0.379 e. The molecular formula is C37H24F2O6S2. The quantitative estimate of drug-likeness (QED) is 0.154. The predicted octanol–water partition coefficient (Wildman–Crippen LogP) is 7.86. The first-order valence-corrected chi connectivity index (χ1v) is 17.2. The van der Waals surface area contributed by atoms with Gasteiger partial charge in [-0.3, -0.25) is 0 Å². The lowest BCUT2D eigenvalue weighted by Crippen LogP contribution is -2.28. The van der Waals surface area contributed by atoms with Crippen LogP contribution in [-0.4, -0.2) is 16.8 Å². The summed E-state index contributed by atoms with van der Waals surface area (Å²) in [6, 6.07) is 38.1. The van der Waals surface area contributed by atoms with Crippen LogP contribution in [0.2, 0.25) is 0 Å². The third-order valence-corrected chi connectivity index (χ3v) is 10.7. The standard InChI is InChI=1S/C37H24F2O6S2/c38-27-13-21-31(22-14-27)46(40,41)44-29-17-9-25(10-18-29)37(35-7-3-1-5-33(35)34-6-2-4-8-36(34)37)26-11-19-30(20-12-26)45-47(42,43)32-23-15-28(39)16-24-32/h1-24H. The Hall–Kier alpha value is -5.32. The Bertz CT molecular complexity index is 2150. The SMILES string of the molecule is O=S(=O)(Oc1ccc(C2(c3ccc(OS(=O)(=O)c4ccc(F)cc4)cc3)c3ccccc3-c3ccccc32)cc1)c1ccc(F)cc1. The molecule has 10 heteroatoms. The van der Waals surface area contributed by atoms with Crippen molar-refractivity contribution >= 4 is 20.2 Å². The first-order chi connectivity index (χ1) is 22.6. The van der Waals surface area contributed by atoms with Crippen LogP contribution in [0.3, 0.4) is 0 Å². The van der Waals surface area contributed by atoms with Gasteiger partial charge in [0.25, 0.3) is 0 Å². The van der Waals surface area contributed by atoms with Gasteiger partial charge in [0.05, 0.1) is 5.41 Å². The van der Waals surface area contributed by atoms with Crippen molar-refractivity contribution in [3.05, 3.63) is 179 Å². The summed E-state index contributed by atoms with van der Waals surface area (Å²) < 4.78 is 89.1. The Morgan fingerprint density at radius 1 is 0.426 bits per heavy atom. The van der Waals surface area contributed by atoms with Crippen molar-refractivity contribution in [1.29, 1.82) is 0 Å². The summed E-state index contributed by atoms with van der Waals surface area (Å²) in [6.45, 7) is 0. The van der Waals surface area contributed by atoms with Gasteiger partial charge in [0.2, 0.25) is 0 Å². The molecule has 0 aliphatic heterocycles. The minimum atomic E-state index is -4.22. The molecule has 0 amide bonds. The molecular weight excluding hydrogens is 643 g/mol. The van der Waals surface area contributed by atoms with Crippen LogP contribution in [0.4, 0.5) is 8.78 Å². The molecule has 1 aliphatic carbocycles. The minimum absolute atomic E-state index is 0.0718. The van der Waals surface area contributed by atoms with E-state index in [-0.39, 0.29) is 21.3 Å². The number of rotatable bonds is 8. The second kappa shape index (κ2) is 11.5. The lowest BCUT2D eigenvalue weighted by atomic mass is 9.68. The van der Waals surface area contributed by atoms with Gasteiger partial charge >= 0.3 is 20.2 Å². The summed E-state index contributed by atoms with van der Waals surface area (Å²) in [5.74, 6) is -0.986. The van der Waals surface area contributed by atoms with E-state index in [0.29, 0.717) is 0 Å². The molecule has 0 aromatic heterocycles. The van der Waals surface area contributed by atoms with E-state index >= 15 is 0 Å². The molecule has 0 heterocycles. The molecule has 47 heavy (non-hydrogen) atoms. The van der Waals surface area contributed by atoms with Crippen LogP contribution in [0, 0.1) is 11.6 Å². The van der Waals surface area contributed by atoms with Gasteiger partial charge < -0.3 is 8.37 Å². The van der Waals surface area contributed by atoms with Crippen LogP contribution in [0.15, 0.2) is 155 Å². The van der Waals surface area contributed by atoms with E-state index in [1.165, 1.54) is 0 Å². The van der Waals surface area contributed by atoms with E-state index in [1.807, 2.05) is 48.5 Å². The molecule has 0 N–H and O–H groups in total. The molecule has 234 valence electrons. The molecule has 1 aliphatic rings. The first kappa shape index (κ1) is 30.3. The highest BCUT2D eigenvalue weighted by molar-refractivity contribution is 7.87. The first-order valence-electron chi connectivity index (χ1n) is 14.4.